The maximum Gasteiger partial charge on any atom is 0.241 e. The van der Waals surface area contributed by atoms with Crippen molar-refractivity contribution in [3.05, 3.63) is 12.4 Å². The first-order chi connectivity index (χ1) is 7.54. The number of hydrogen-bond acceptors (Lipinski definition) is 3. The van der Waals surface area contributed by atoms with Crippen LogP contribution in [0.3, 0.4) is 0 Å². The Kier molecular flexibility index (Phi) is 4.49. The molecule has 3 N–H and O–H groups in total. The average molecular weight is 224 g/mol. The van der Waals surface area contributed by atoms with Gasteiger partial charge < -0.3 is 11.1 Å². The van der Waals surface area contributed by atoms with Gasteiger partial charge in [0.25, 0.3) is 0 Å². The van der Waals surface area contributed by atoms with Crippen LogP contribution in [0, 0.1) is 0 Å². The van der Waals surface area contributed by atoms with Crippen LogP contribution >= 0.6 is 0 Å². The number of aromatic nitrogens is 2. The van der Waals surface area contributed by atoms with Gasteiger partial charge in [0.15, 0.2) is 0 Å². The number of nitrogens with one attached hydrogen (secondary N) is 1. The summed E-state index contributed by atoms with van der Waals surface area (Å²) in [6, 6.07) is -0.151. The molecule has 0 aliphatic rings. The monoisotopic (exact) mass is 224 g/mol. The third-order valence-electron chi connectivity index (χ3n) is 2.33. The molecule has 1 aromatic rings. The highest BCUT2D eigenvalue weighted by Crippen LogP contribution is 2.10. The second-order valence-electron chi connectivity index (χ2n) is 4.19. The van der Waals surface area contributed by atoms with Gasteiger partial charge in [0, 0.05) is 12.2 Å². The SMILES string of the molecule is CCCC(N)C(=O)Nc1cnn(C(C)C)c1. The molecule has 0 fully saturated rings. The van der Waals surface area contributed by atoms with Crippen LogP contribution in [-0.4, -0.2) is 21.7 Å². The van der Waals surface area contributed by atoms with Crippen LogP contribution in [-0.2, 0) is 4.79 Å². The summed E-state index contributed by atoms with van der Waals surface area (Å²) in [4.78, 5) is 11.6. The molecule has 0 spiro atoms. The Morgan fingerprint density at radius 1 is 1.62 bits per heavy atom. The van der Waals surface area contributed by atoms with Crippen molar-refractivity contribution in [1.29, 1.82) is 0 Å². The molecular weight excluding hydrogens is 204 g/mol. The Morgan fingerprint density at radius 2 is 2.31 bits per heavy atom. The van der Waals surface area contributed by atoms with E-state index in [0.717, 1.165) is 6.42 Å². The van der Waals surface area contributed by atoms with Crippen LogP contribution in [0.15, 0.2) is 12.4 Å². The number of carbonyl (C=O) groups excluding carboxylic acids is 1. The lowest BCUT2D eigenvalue weighted by Crippen LogP contribution is -2.35. The molecule has 0 aliphatic carbocycles. The smallest absolute Gasteiger partial charge is 0.241 e. The molecule has 1 amide bonds. The molecule has 5 nitrogen and oxygen atoms in total. The fourth-order valence-corrected chi connectivity index (χ4v) is 1.36. The highest BCUT2D eigenvalue weighted by Gasteiger charge is 2.13. The highest BCUT2D eigenvalue weighted by atomic mass is 16.2. The van der Waals surface area contributed by atoms with Crippen molar-refractivity contribution in [2.24, 2.45) is 5.73 Å². The van der Waals surface area contributed by atoms with E-state index in [1.54, 1.807) is 17.1 Å². The standard InChI is InChI=1S/C11H20N4O/c1-4-5-10(12)11(16)14-9-6-13-15(7-9)8(2)3/h6-8,10H,4-5,12H2,1-3H3,(H,14,16). The van der Waals surface area contributed by atoms with Gasteiger partial charge in [0.2, 0.25) is 5.91 Å². The van der Waals surface area contributed by atoms with Crippen molar-refractivity contribution >= 4 is 11.6 Å². The summed E-state index contributed by atoms with van der Waals surface area (Å²) in [6.07, 6.45) is 5.04. The molecule has 1 aromatic heterocycles. The van der Waals surface area contributed by atoms with E-state index in [9.17, 15) is 4.79 Å². The normalized spacial score (nSPS) is 12.8. The lowest BCUT2D eigenvalue weighted by Gasteiger charge is -2.09. The second-order valence-corrected chi connectivity index (χ2v) is 4.19. The molecule has 90 valence electrons. The van der Waals surface area contributed by atoms with Gasteiger partial charge in [0.05, 0.1) is 17.9 Å². The van der Waals surface area contributed by atoms with E-state index in [0.29, 0.717) is 12.1 Å². The third kappa shape index (κ3) is 3.34. The summed E-state index contributed by atoms with van der Waals surface area (Å²) < 4.78 is 1.79. The van der Waals surface area contributed by atoms with Crippen LogP contribution < -0.4 is 11.1 Å². The van der Waals surface area contributed by atoms with Crippen molar-refractivity contribution in [3.8, 4) is 0 Å². The fourth-order valence-electron chi connectivity index (χ4n) is 1.36. The van der Waals surface area contributed by atoms with Gasteiger partial charge in [-0.3, -0.25) is 9.48 Å². The number of hydrogen-bond donors (Lipinski definition) is 2. The summed E-state index contributed by atoms with van der Waals surface area (Å²) in [5.41, 5.74) is 6.40. The third-order valence-corrected chi connectivity index (χ3v) is 2.33. The molecule has 0 radical (unpaired) electrons. The molecule has 0 bridgehead atoms. The molecular formula is C11H20N4O. The van der Waals surface area contributed by atoms with E-state index in [4.69, 9.17) is 5.73 Å². The van der Waals surface area contributed by atoms with Crippen molar-refractivity contribution in [1.82, 2.24) is 9.78 Å². The minimum atomic E-state index is -0.438. The van der Waals surface area contributed by atoms with Gasteiger partial charge in [-0.25, -0.2) is 0 Å². The van der Waals surface area contributed by atoms with E-state index < -0.39 is 6.04 Å². The van der Waals surface area contributed by atoms with Crippen LogP contribution in [0.4, 0.5) is 5.69 Å². The first-order valence-corrected chi connectivity index (χ1v) is 5.65. The Morgan fingerprint density at radius 3 is 2.81 bits per heavy atom. The largest absolute Gasteiger partial charge is 0.322 e. The number of nitrogens with two attached hydrogens (primary N) is 1. The van der Waals surface area contributed by atoms with Crippen LogP contribution in [0.25, 0.3) is 0 Å². The summed E-state index contributed by atoms with van der Waals surface area (Å²) in [5, 5.41) is 6.89. The number of anilines is 1. The molecule has 1 unspecified atom stereocenters. The molecule has 1 rings (SSSR count). The number of rotatable bonds is 5. The maximum absolute atomic E-state index is 11.6. The van der Waals surface area contributed by atoms with Gasteiger partial charge >= 0.3 is 0 Å². The minimum absolute atomic E-state index is 0.148. The summed E-state index contributed by atoms with van der Waals surface area (Å²) in [7, 11) is 0. The Hall–Kier alpha value is -1.36. The molecule has 0 aromatic carbocycles. The van der Waals surface area contributed by atoms with Crippen LogP contribution in [0.2, 0.25) is 0 Å². The zero-order valence-electron chi connectivity index (χ0n) is 10.1. The van der Waals surface area contributed by atoms with Crippen LogP contribution in [0.1, 0.15) is 39.7 Å². The topological polar surface area (TPSA) is 72.9 Å². The van der Waals surface area contributed by atoms with E-state index >= 15 is 0 Å². The minimum Gasteiger partial charge on any atom is -0.322 e. The summed E-state index contributed by atoms with van der Waals surface area (Å²) in [6.45, 7) is 6.06. The Labute approximate surface area is 96.0 Å². The van der Waals surface area contributed by atoms with Gasteiger partial charge in [-0.1, -0.05) is 13.3 Å². The van der Waals surface area contributed by atoms with Gasteiger partial charge in [-0.05, 0) is 20.3 Å². The predicted molar refractivity (Wildman–Crippen MR) is 64.1 cm³/mol. The number of carbonyl (C=O) groups is 1. The van der Waals surface area contributed by atoms with Crippen molar-refractivity contribution in [3.63, 3.8) is 0 Å². The molecule has 0 saturated carbocycles. The van der Waals surface area contributed by atoms with Gasteiger partial charge in [-0.15, -0.1) is 0 Å². The van der Waals surface area contributed by atoms with Gasteiger partial charge in [-0.2, -0.15) is 5.10 Å². The van der Waals surface area contributed by atoms with Crippen molar-refractivity contribution in [2.45, 2.75) is 45.7 Å². The van der Waals surface area contributed by atoms with Gasteiger partial charge in [0.1, 0.15) is 0 Å². The average Bonchev–Trinajstić information content (AvgIpc) is 2.66. The zero-order chi connectivity index (χ0) is 12.1. The van der Waals surface area contributed by atoms with E-state index in [-0.39, 0.29) is 11.9 Å². The van der Waals surface area contributed by atoms with E-state index in [1.165, 1.54) is 0 Å². The highest BCUT2D eigenvalue weighted by molar-refractivity contribution is 5.94. The first-order valence-electron chi connectivity index (χ1n) is 5.65. The quantitative estimate of drug-likeness (QED) is 0.796. The lowest BCUT2D eigenvalue weighted by atomic mass is 10.2. The Bertz CT molecular complexity index is 346. The number of nitrogens with zero attached hydrogens (tertiary/aromatic N) is 2. The molecule has 0 saturated heterocycles. The molecule has 1 heterocycles. The molecule has 16 heavy (non-hydrogen) atoms. The maximum atomic E-state index is 11.6. The summed E-state index contributed by atoms with van der Waals surface area (Å²) >= 11 is 0. The van der Waals surface area contributed by atoms with Crippen LogP contribution in [0.5, 0.6) is 0 Å². The fraction of sp³-hybridized carbons (Fsp3) is 0.636. The predicted octanol–water partition coefficient (Wildman–Crippen LogP) is 1.53. The molecule has 0 aliphatic heterocycles. The zero-order valence-corrected chi connectivity index (χ0v) is 10.1. The van der Waals surface area contributed by atoms with E-state index in [2.05, 4.69) is 10.4 Å². The molecule has 1 atom stereocenters. The van der Waals surface area contributed by atoms with Crippen molar-refractivity contribution in [2.75, 3.05) is 5.32 Å². The molecule has 5 heteroatoms. The Balaban J connectivity index is 2.56. The second kappa shape index (κ2) is 5.65. The van der Waals surface area contributed by atoms with Crippen molar-refractivity contribution < 1.29 is 4.79 Å². The van der Waals surface area contributed by atoms with E-state index in [1.807, 2.05) is 20.8 Å². The first kappa shape index (κ1) is 12.7. The lowest BCUT2D eigenvalue weighted by molar-refractivity contribution is -0.117. The summed E-state index contributed by atoms with van der Waals surface area (Å²) in [5.74, 6) is -0.148. The number of amides is 1.